The molecule has 0 radical (unpaired) electrons. The lowest BCUT2D eigenvalue weighted by atomic mass is 9.85. The van der Waals surface area contributed by atoms with Crippen LogP contribution in [0.2, 0.25) is 0 Å². The van der Waals surface area contributed by atoms with Gasteiger partial charge in [0.25, 0.3) is 0 Å². The lowest BCUT2D eigenvalue weighted by molar-refractivity contribution is 0.206. The van der Waals surface area contributed by atoms with Gasteiger partial charge in [0.2, 0.25) is 0 Å². The van der Waals surface area contributed by atoms with Crippen molar-refractivity contribution in [3.63, 3.8) is 0 Å². The zero-order valence-electron chi connectivity index (χ0n) is 11.9. The van der Waals surface area contributed by atoms with Gasteiger partial charge in [-0.25, -0.2) is 4.98 Å². The summed E-state index contributed by atoms with van der Waals surface area (Å²) in [5.41, 5.74) is 3.54. The maximum Gasteiger partial charge on any atom is 0.0795 e. The first-order valence-electron chi connectivity index (χ1n) is 6.76. The van der Waals surface area contributed by atoms with Crippen LogP contribution in [0.4, 0.5) is 0 Å². The summed E-state index contributed by atoms with van der Waals surface area (Å²) in [4.78, 5) is 6.77. The predicted molar refractivity (Wildman–Crippen MR) is 77.8 cm³/mol. The topological polar surface area (TPSA) is 28.2 Å². The molecule has 0 amide bonds. The average Bonchev–Trinajstić information content (AvgIpc) is 2.87. The minimum absolute atomic E-state index is 0.431. The Labute approximate surface area is 115 Å². The number of rotatable bonds is 5. The largest absolute Gasteiger partial charge is 0.316 e. The molecule has 1 heterocycles. The Morgan fingerprint density at radius 3 is 2.94 bits per heavy atom. The molecule has 0 aromatic carbocycles. The van der Waals surface area contributed by atoms with E-state index in [-0.39, 0.29) is 0 Å². The highest BCUT2D eigenvalue weighted by Gasteiger charge is 2.40. The molecule has 1 aliphatic rings. The van der Waals surface area contributed by atoms with E-state index in [9.17, 15) is 0 Å². The fraction of sp³-hybridized carbons (Fsp3) is 0.786. The van der Waals surface area contributed by atoms with Gasteiger partial charge in [0.05, 0.1) is 11.2 Å². The molecular weight excluding hydrogens is 242 g/mol. The Balaban J connectivity index is 1.89. The molecule has 1 saturated carbocycles. The second-order valence-electron chi connectivity index (χ2n) is 6.23. The van der Waals surface area contributed by atoms with E-state index in [2.05, 4.69) is 48.5 Å². The first kappa shape index (κ1) is 14.0. The highest BCUT2D eigenvalue weighted by atomic mass is 32.1. The third-order valence-corrected chi connectivity index (χ3v) is 4.88. The summed E-state index contributed by atoms with van der Waals surface area (Å²) in [5, 5.41) is 5.67. The third-order valence-electron chi connectivity index (χ3n) is 4.25. The zero-order chi connectivity index (χ0) is 13.2. The molecule has 1 aromatic heterocycles. The zero-order valence-corrected chi connectivity index (χ0v) is 12.8. The first-order valence-corrected chi connectivity index (χ1v) is 7.70. The van der Waals surface area contributed by atoms with Crippen molar-refractivity contribution in [3.8, 4) is 0 Å². The van der Waals surface area contributed by atoms with Gasteiger partial charge in [0.1, 0.15) is 0 Å². The molecule has 18 heavy (non-hydrogen) atoms. The normalized spacial score (nSPS) is 26.9. The highest BCUT2D eigenvalue weighted by Crippen LogP contribution is 2.41. The van der Waals surface area contributed by atoms with Gasteiger partial charge in [-0.2, -0.15) is 0 Å². The Hall–Kier alpha value is -0.450. The van der Waals surface area contributed by atoms with Crippen molar-refractivity contribution in [2.75, 3.05) is 20.6 Å². The Bertz CT molecular complexity index is 361. The average molecular weight is 267 g/mol. The molecule has 4 heteroatoms. The summed E-state index contributed by atoms with van der Waals surface area (Å²) >= 11 is 1.68. The standard InChI is InChI=1S/C14H25N3S/c1-14(2)6-5-11(13(14)15-3)7-17(4)8-12-9-18-10-16-12/h9-11,13,15H,5-8H2,1-4H3. The summed E-state index contributed by atoms with van der Waals surface area (Å²) in [6.45, 7) is 6.90. The van der Waals surface area contributed by atoms with Crippen LogP contribution in [0.1, 0.15) is 32.4 Å². The van der Waals surface area contributed by atoms with Gasteiger partial charge in [0.15, 0.2) is 0 Å². The van der Waals surface area contributed by atoms with E-state index in [1.807, 2.05) is 5.51 Å². The first-order chi connectivity index (χ1) is 8.53. The van der Waals surface area contributed by atoms with Crippen molar-refractivity contribution >= 4 is 11.3 Å². The molecule has 1 aliphatic carbocycles. The Kier molecular flexibility index (Phi) is 4.41. The minimum Gasteiger partial charge on any atom is -0.316 e. The number of nitrogens with zero attached hydrogens (tertiary/aromatic N) is 2. The molecular formula is C14H25N3S. The fourth-order valence-electron chi connectivity index (χ4n) is 3.40. The monoisotopic (exact) mass is 267 g/mol. The summed E-state index contributed by atoms with van der Waals surface area (Å²) in [6, 6.07) is 0.635. The highest BCUT2D eigenvalue weighted by molar-refractivity contribution is 7.07. The second-order valence-corrected chi connectivity index (χ2v) is 6.95. The van der Waals surface area contributed by atoms with E-state index < -0.39 is 0 Å². The molecule has 1 aromatic rings. The van der Waals surface area contributed by atoms with E-state index in [4.69, 9.17) is 0 Å². The van der Waals surface area contributed by atoms with Crippen LogP contribution in [0.3, 0.4) is 0 Å². The summed E-state index contributed by atoms with van der Waals surface area (Å²) in [5.74, 6) is 0.758. The number of thiazole rings is 1. The molecule has 102 valence electrons. The summed E-state index contributed by atoms with van der Waals surface area (Å²) in [7, 11) is 4.31. The molecule has 0 saturated heterocycles. The van der Waals surface area contributed by atoms with E-state index in [0.717, 1.165) is 19.0 Å². The number of hydrogen-bond donors (Lipinski definition) is 1. The molecule has 0 aliphatic heterocycles. The van der Waals surface area contributed by atoms with Crippen LogP contribution in [-0.4, -0.2) is 36.6 Å². The predicted octanol–water partition coefficient (Wildman–Crippen LogP) is 2.60. The van der Waals surface area contributed by atoms with Crippen LogP contribution in [0.15, 0.2) is 10.9 Å². The molecule has 2 unspecified atom stereocenters. The van der Waals surface area contributed by atoms with E-state index >= 15 is 0 Å². The third kappa shape index (κ3) is 3.11. The maximum atomic E-state index is 4.36. The number of nitrogens with one attached hydrogen (secondary N) is 1. The maximum absolute atomic E-state index is 4.36. The number of aromatic nitrogens is 1. The van der Waals surface area contributed by atoms with Crippen LogP contribution in [0, 0.1) is 11.3 Å². The van der Waals surface area contributed by atoms with Crippen molar-refractivity contribution < 1.29 is 0 Å². The van der Waals surface area contributed by atoms with Gasteiger partial charge >= 0.3 is 0 Å². The van der Waals surface area contributed by atoms with Crippen molar-refractivity contribution in [1.82, 2.24) is 15.2 Å². The van der Waals surface area contributed by atoms with Crippen molar-refractivity contribution in [2.24, 2.45) is 11.3 Å². The summed E-state index contributed by atoms with van der Waals surface area (Å²) < 4.78 is 0. The molecule has 3 nitrogen and oxygen atoms in total. The molecule has 2 rings (SSSR count). The van der Waals surface area contributed by atoms with Crippen molar-refractivity contribution in [1.29, 1.82) is 0 Å². The van der Waals surface area contributed by atoms with Gasteiger partial charge in [-0.3, -0.25) is 0 Å². The van der Waals surface area contributed by atoms with Crippen molar-refractivity contribution in [2.45, 2.75) is 39.3 Å². The van der Waals surface area contributed by atoms with Crippen LogP contribution in [-0.2, 0) is 6.54 Å². The van der Waals surface area contributed by atoms with E-state index in [0.29, 0.717) is 11.5 Å². The van der Waals surface area contributed by atoms with Crippen LogP contribution >= 0.6 is 11.3 Å². The second kappa shape index (κ2) is 5.68. The lowest BCUT2D eigenvalue weighted by Gasteiger charge is -2.32. The van der Waals surface area contributed by atoms with Gasteiger partial charge in [-0.1, -0.05) is 13.8 Å². The quantitative estimate of drug-likeness (QED) is 0.889. The lowest BCUT2D eigenvalue weighted by Crippen LogP contribution is -2.43. The van der Waals surface area contributed by atoms with Gasteiger partial charge in [0, 0.05) is 24.5 Å². The fourth-order valence-corrected chi connectivity index (χ4v) is 3.95. The van der Waals surface area contributed by atoms with E-state index in [1.165, 1.54) is 18.5 Å². The molecule has 0 spiro atoms. The smallest absolute Gasteiger partial charge is 0.0795 e. The van der Waals surface area contributed by atoms with Gasteiger partial charge in [-0.15, -0.1) is 11.3 Å². The molecule has 2 atom stereocenters. The van der Waals surface area contributed by atoms with Crippen LogP contribution in [0.5, 0.6) is 0 Å². The Morgan fingerprint density at radius 2 is 2.33 bits per heavy atom. The van der Waals surface area contributed by atoms with Crippen molar-refractivity contribution in [3.05, 3.63) is 16.6 Å². The van der Waals surface area contributed by atoms with Crippen LogP contribution < -0.4 is 5.32 Å². The molecule has 1 N–H and O–H groups in total. The van der Waals surface area contributed by atoms with Gasteiger partial charge < -0.3 is 10.2 Å². The molecule has 0 bridgehead atoms. The SMILES string of the molecule is CNC1C(CN(C)Cc2cscn2)CCC1(C)C. The minimum atomic E-state index is 0.431. The molecule has 1 fully saturated rings. The number of hydrogen-bond acceptors (Lipinski definition) is 4. The summed E-state index contributed by atoms with van der Waals surface area (Å²) in [6.07, 6.45) is 2.66. The van der Waals surface area contributed by atoms with Crippen LogP contribution in [0.25, 0.3) is 0 Å². The Morgan fingerprint density at radius 1 is 1.56 bits per heavy atom. The van der Waals surface area contributed by atoms with Gasteiger partial charge in [-0.05, 0) is 38.3 Å². The van der Waals surface area contributed by atoms with E-state index in [1.54, 1.807) is 11.3 Å².